The maximum Gasteiger partial charge on any atom is 0.256 e. The van der Waals surface area contributed by atoms with Crippen LogP contribution in [0.5, 0.6) is 0 Å². The van der Waals surface area contributed by atoms with Crippen LogP contribution in [0, 0.1) is 0 Å². The van der Waals surface area contributed by atoms with E-state index in [1.54, 1.807) is 24.3 Å². The summed E-state index contributed by atoms with van der Waals surface area (Å²) in [5.74, 6) is -0.399. The highest BCUT2D eigenvalue weighted by molar-refractivity contribution is 7.99. The van der Waals surface area contributed by atoms with Gasteiger partial charge in [-0.3, -0.25) is 9.59 Å². The third-order valence-corrected chi connectivity index (χ3v) is 5.76. The normalized spacial score (nSPS) is 12.4. The van der Waals surface area contributed by atoms with Gasteiger partial charge in [-0.2, -0.15) is 0 Å². The number of hydrogen-bond donors (Lipinski definition) is 2. The molecule has 0 aromatic heterocycles. The van der Waals surface area contributed by atoms with Crippen LogP contribution in [0.25, 0.3) is 0 Å². The lowest BCUT2D eigenvalue weighted by atomic mass is 10.1. The summed E-state index contributed by atoms with van der Waals surface area (Å²) >= 11 is 7.63. The van der Waals surface area contributed by atoms with Crippen molar-refractivity contribution in [3.63, 3.8) is 0 Å². The van der Waals surface area contributed by atoms with Crippen LogP contribution in [0.2, 0.25) is 5.02 Å². The molecule has 0 saturated carbocycles. The molecule has 0 fully saturated rings. The van der Waals surface area contributed by atoms with E-state index >= 15 is 0 Å². The maximum absolute atomic E-state index is 12.5. The van der Waals surface area contributed by atoms with Crippen molar-refractivity contribution in [2.45, 2.75) is 16.3 Å². The number of amides is 2. The van der Waals surface area contributed by atoms with Gasteiger partial charge in [-0.15, -0.1) is 0 Å². The van der Waals surface area contributed by atoms with E-state index in [4.69, 9.17) is 11.6 Å². The minimum atomic E-state index is -0.223. The fourth-order valence-corrected chi connectivity index (χ4v) is 4.04. The van der Waals surface area contributed by atoms with E-state index in [1.807, 2.05) is 42.5 Å². The molecule has 0 aliphatic carbocycles. The van der Waals surface area contributed by atoms with Gasteiger partial charge in [0.2, 0.25) is 0 Å². The highest BCUT2D eigenvalue weighted by Gasteiger charge is 2.20. The Hall–Kier alpha value is -2.76. The molecule has 1 heterocycles. The summed E-state index contributed by atoms with van der Waals surface area (Å²) in [6, 6.07) is 20.1. The predicted octanol–water partition coefficient (Wildman–Crippen LogP) is 4.99. The van der Waals surface area contributed by atoms with E-state index in [9.17, 15) is 9.59 Å². The van der Waals surface area contributed by atoms with E-state index in [-0.39, 0.29) is 11.8 Å². The van der Waals surface area contributed by atoms with Crippen LogP contribution in [-0.4, -0.2) is 11.8 Å². The molecule has 27 heavy (non-hydrogen) atoms. The average Bonchev–Trinajstić information content (AvgIpc) is 2.82. The molecule has 6 heteroatoms. The molecule has 1 aliphatic rings. The van der Waals surface area contributed by atoms with Crippen molar-refractivity contribution in [2.75, 3.05) is 5.32 Å². The second-order valence-electron chi connectivity index (χ2n) is 6.04. The molecule has 134 valence electrons. The van der Waals surface area contributed by atoms with Crippen molar-refractivity contribution in [3.8, 4) is 0 Å². The second-order valence-corrected chi connectivity index (χ2v) is 7.53. The molecular formula is C21H15ClN2O2S. The third kappa shape index (κ3) is 3.70. The van der Waals surface area contributed by atoms with Gasteiger partial charge in [0.1, 0.15) is 0 Å². The minimum Gasteiger partial charge on any atom is -0.348 e. The number of carbonyl (C=O) groups is 2. The molecule has 1 aliphatic heterocycles. The van der Waals surface area contributed by atoms with Crippen LogP contribution in [0.1, 0.15) is 26.3 Å². The largest absolute Gasteiger partial charge is 0.348 e. The first-order valence-corrected chi connectivity index (χ1v) is 9.55. The van der Waals surface area contributed by atoms with Crippen LogP contribution < -0.4 is 10.6 Å². The van der Waals surface area contributed by atoms with Crippen molar-refractivity contribution in [3.05, 3.63) is 88.4 Å². The number of carbonyl (C=O) groups excluding carboxylic acids is 2. The molecule has 4 rings (SSSR count). The summed E-state index contributed by atoms with van der Waals surface area (Å²) < 4.78 is 0. The number of halogens is 1. The van der Waals surface area contributed by atoms with Crippen molar-refractivity contribution in [1.82, 2.24) is 5.32 Å². The van der Waals surface area contributed by atoms with E-state index in [2.05, 4.69) is 10.6 Å². The lowest BCUT2D eigenvalue weighted by Gasteiger charge is -2.10. The summed E-state index contributed by atoms with van der Waals surface area (Å²) in [7, 11) is 0. The molecule has 0 bridgehead atoms. The smallest absolute Gasteiger partial charge is 0.256 e. The lowest BCUT2D eigenvalue weighted by Crippen LogP contribution is -2.23. The number of anilines is 1. The summed E-state index contributed by atoms with van der Waals surface area (Å²) in [5, 5.41) is 6.37. The maximum atomic E-state index is 12.5. The zero-order valence-corrected chi connectivity index (χ0v) is 15.7. The number of benzene rings is 3. The van der Waals surface area contributed by atoms with Crippen LogP contribution in [0.3, 0.4) is 0 Å². The van der Waals surface area contributed by atoms with Gasteiger partial charge in [0, 0.05) is 26.9 Å². The van der Waals surface area contributed by atoms with Gasteiger partial charge in [0.25, 0.3) is 11.8 Å². The van der Waals surface area contributed by atoms with E-state index in [1.165, 1.54) is 11.8 Å². The molecule has 4 nitrogen and oxygen atoms in total. The van der Waals surface area contributed by atoms with Gasteiger partial charge in [0.05, 0.1) is 11.3 Å². The third-order valence-electron chi connectivity index (χ3n) is 4.24. The van der Waals surface area contributed by atoms with Gasteiger partial charge in [-0.1, -0.05) is 53.7 Å². The SMILES string of the molecule is O=C(NCc1ccccc1Cl)c1ccc2c(c1)NC(=O)c1ccccc1S2. The monoisotopic (exact) mass is 394 g/mol. The predicted molar refractivity (Wildman–Crippen MR) is 108 cm³/mol. The van der Waals surface area contributed by atoms with Crippen LogP contribution >= 0.6 is 23.4 Å². The van der Waals surface area contributed by atoms with Crippen molar-refractivity contribution >= 4 is 40.9 Å². The Bertz CT molecular complexity index is 1050. The first-order valence-electron chi connectivity index (χ1n) is 8.36. The Morgan fingerprint density at radius 1 is 1.00 bits per heavy atom. The number of rotatable bonds is 3. The van der Waals surface area contributed by atoms with Crippen LogP contribution in [-0.2, 0) is 6.54 Å². The summed E-state index contributed by atoms with van der Waals surface area (Å²) in [4.78, 5) is 26.8. The fourth-order valence-electron chi connectivity index (χ4n) is 2.83. The average molecular weight is 395 g/mol. The van der Waals surface area contributed by atoms with Gasteiger partial charge < -0.3 is 10.6 Å². The molecule has 0 saturated heterocycles. The summed E-state index contributed by atoms with van der Waals surface area (Å²) in [6.45, 7) is 0.335. The van der Waals surface area contributed by atoms with Crippen molar-refractivity contribution in [1.29, 1.82) is 0 Å². The zero-order chi connectivity index (χ0) is 18.8. The quantitative estimate of drug-likeness (QED) is 0.658. The first kappa shape index (κ1) is 17.6. The Morgan fingerprint density at radius 2 is 1.78 bits per heavy atom. The van der Waals surface area contributed by atoms with E-state index in [0.717, 1.165) is 15.4 Å². The molecule has 0 spiro atoms. The highest BCUT2D eigenvalue weighted by Crippen LogP contribution is 2.38. The molecule has 0 atom stereocenters. The molecule has 3 aromatic rings. The number of hydrogen-bond acceptors (Lipinski definition) is 3. The molecule has 0 radical (unpaired) electrons. The van der Waals surface area contributed by atoms with E-state index in [0.29, 0.717) is 28.4 Å². The van der Waals surface area contributed by atoms with Crippen molar-refractivity contribution < 1.29 is 9.59 Å². The number of fused-ring (bicyclic) bond motifs is 2. The van der Waals surface area contributed by atoms with Crippen LogP contribution in [0.4, 0.5) is 5.69 Å². The summed E-state index contributed by atoms with van der Waals surface area (Å²) in [5.41, 5.74) is 2.59. The van der Waals surface area contributed by atoms with Gasteiger partial charge in [-0.25, -0.2) is 0 Å². The zero-order valence-electron chi connectivity index (χ0n) is 14.2. The number of nitrogens with one attached hydrogen (secondary N) is 2. The topological polar surface area (TPSA) is 58.2 Å². The summed E-state index contributed by atoms with van der Waals surface area (Å²) in [6.07, 6.45) is 0. The standard InChI is InChI=1S/C21H15ClN2O2S/c22-16-7-3-1-5-14(16)12-23-20(25)13-9-10-19-17(11-13)24-21(26)15-6-2-4-8-18(15)27-19/h1-11H,12H2,(H,23,25)(H,24,26). The van der Waals surface area contributed by atoms with Crippen molar-refractivity contribution in [2.24, 2.45) is 0 Å². The molecule has 0 unspecified atom stereocenters. The molecular weight excluding hydrogens is 380 g/mol. The molecule has 2 N–H and O–H groups in total. The Kier molecular flexibility index (Phi) is 4.88. The minimum absolute atomic E-state index is 0.175. The Labute approximate surface area is 165 Å². The first-order chi connectivity index (χ1) is 13.1. The fraction of sp³-hybridized carbons (Fsp3) is 0.0476. The lowest BCUT2D eigenvalue weighted by molar-refractivity contribution is 0.0949. The Balaban J connectivity index is 1.55. The van der Waals surface area contributed by atoms with E-state index < -0.39 is 0 Å². The van der Waals surface area contributed by atoms with Gasteiger partial charge in [0.15, 0.2) is 0 Å². The van der Waals surface area contributed by atoms with Crippen LogP contribution in [0.15, 0.2) is 76.5 Å². The molecule has 2 amide bonds. The highest BCUT2D eigenvalue weighted by atomic mass is 35.5. The second kappa shape index (κ2) is 7.47. The molecule has 3 aromatic carbocycles. The van der Waals surface area contributed by atoms with Gasteiger partial charge >= 0.3 is 0 Å². The Morgan fingerprint density at radius 3 is 2.63 bits per heavy atom. The van der Waals surface area contributed by atoms with Gasteiger partial charge in [-0.05, 0) is 42.0 Å².